The minimum Gasteiger partial charge on any atom is -0.345 e. The van der Waals surface area contributed by atoms with Crippen LogP contribution >= 0.6 is 0 Å². The Hall–Kier alpha value is -2.68. The third kappa shape index (κ3) is 2.70. The highest BCUT2D eigenvalue weighted by atomic mass is 19.1. The normalized spacial score (nSPS) is 12.1. The molecule has 0 fully saturated rings. The maximum atomic E-state index is 13.8. The van der Waals surface area contributed by atoms with Crippen molar-refractivity contribution in [2.75, 3.05) is 0 Å². The quantitative estimate of drug-likeness (QED) is 0.758. The van der Waals surface area contributed by atoms with Gasteiger partial charge in [0.05, 0.1) is 6.04 Å². The van der Waals surface area contributed by atoms with Crippen LogP contribution in [0.1, 0.15) is 28.9 Å². The van der Waals surface area contributed by atoms with E-state index in [4.69, 9.17) is 0 Å². The van der Waals surface area contributed by atoms with Crippen molar-refractivity contribution in [1.29, 1.82) is 0 Å². The van der Waals surface area contributed by atoms with Crippen LogP contribution in [0.4, 0.5) is 4.39 Å². The van der Waals surface area contributed by atoms with E-state index in [0.29, 0.717) is 11.1 Å². The molecule has 3 heteroatoms. The number of benzene rings is 3. The summed E-state index contributed by atoms with van der Waals surface area (Å²) in [7, 11) is 0. The average molecular weight is 293 g/mol. The summed E-state index contributed by atoms with van der Waals surface area (Å²) < 4.78 is 13.8. The third-order valence-electron chi connectivity index (χ3n) is 3.75. The summed E-state index contributed by atoms with van der Waals surface area (Å²) in [4.78, 5) is 12.5. The van der Waals surface area contributed by atoms with Crippen LogP contribution in [0.25, 0.3) is 10.8 Å². The number of rotatable bonds is 3. The summed E-state index contributed by atoms with van der Waals surface area (Å²) in [6.45, 7) is 1.78. The summed E-state index contributed by atoms with van der Waals surface area (Å²) >= 11 is 0. The highest BCUT2D eigenvalue weighted by Crippen LogP contribution is 2.21. The Balaban J connectivity index is 1.89. The standard InChI is InChI=1S/C19H16FNO/c1-13(15-9-4-5-12-18(15)20)21-19(22)17-11-6-8-14-7-2-3-10-16(14)17/h2-13H,1H3,(H,21,22)/t13-/m0/s1. The van der Waals surface area contributed by atoms with Crippen molar-refractivity contribution in [3.63, 3.8) is 0 Å². The van der Waals surface area contributed by atoms with Crippen LogP contribution in [0, 0.1) is 5.82 Å². The first-order chi connectivity index (χ1) is 10.7. The maximum absolute atomic E-state index is 13.8. The number of carbonyl (C=O) groups excluding carboxylic acids is 1. The number of amides is 1. The molecule has 0 unspecified atom stereocenters. The fourth-order valence-electron chi connectivity index (χ4n) is 2.60. The molecule has 0 aromatic heterocycles. The molecule has 3 rings (SSSR count). The van der Waals surface area contributed by atoms with E-state index in [1.54, 1.807) is 31.2 Å². The van der Waals surface area contributed by atoms with Gasteiger partial charge in [0.15, 0.2) is 0 Å². The monoisotopic (exact) mass is 293 g/mol. The lowest BCUT2D eigenvalue weighted by Crippen LogP contribution is -2.27. The van der Waals surface area contributed by atoms with Gasteiger partial charge in [-0.1, -0.05) is 54.6 Å². The molecule has 0 saturated heterocycles. The molecule has 2 nitrogen and oxygen atoms in total. The molecule has 1 atom stereocenters. The lowest BCUT2D eigenvalue weighted by molar-refractivity contribution is 0.0941. The highest BCUT2D eigenvalue weighted by molar-refractivity contribution is 6.07. The van der Waals surface area contributed by atoms with Crippen molar-refractivity contribution >= 4 is 16.7 Å². The third-order valence-corrected chi connectivity index (χ3v) is 3.75. The largest absolute Gasteiger partial charge is 0.345 e. The van der Waals surface area contributed by atoms with Crippen molar-refractivity contribution < 1.29 is 9.18 Å². The number of carbonyl (C=O) groups is 1. The summed E-state index contributed by atoms with van der Waals surface area (Å²) in [5.41, 5.74) is 1.08. The van der Waals surface area contributed by atoms with Gasteiger partial charge in [0.2, 0.25) is 0 Å². The van der Waals surface area contributed by atoms with E-state index in [0.717, 1.165) is 10.8 Å². The zero-order chi connectivity index (χ0) is 15.5. The Morgan fingerprint density at radius 3 is 2.45 bits per heavy atom. The second kappa shape index (κ2) is 5.98. The molecular weight excluding hydrogens is 277 g/mol. The molecule has 0 aliphatic rings. The Bertz CT molecular complexity index is 823. The van der Waals surface area contributed by atoms with Gasteiger partial charge in [0.25, 0.3) is 5.91 Å². The molecule has 3 aromatic rings. The Morgan fingerprint density at radius 1 is 0.955 bits per heavy atom. The van der Waals surface area contributed by atoms with Crippen molar-refractivity contribution in [1.82, 2.24) is 5.32 Å². The van der Waals surface area contributed by atoms with Crippen molar-refractivity contribution in [3.8, 4) is 0 Å². The fourth-order valence-corrected chi connectivity index (χ4v) is 2.60. The fraction of sp³-hybridized carbons (Fsp3) is 0.105. The second-order valence-electron chi connectivity index (χ2n) is 5.24. The van der Waals surface area contributed by atoms with Crippen LogP contribution in [0.15, 0.2) is 66.7 Å². The smallest absolute Gasteiger partial charge is 0.252 e. The first-order valence-electron chi connectivity index (χ1n) is 7.20. The highest BCUT2D eigenvalue weighted by Gasteiger charge is 2.15. The van der Waals surface area contributed by atoms with E-state index < -0.39 is 6.04 Å². The molecule has 0 aliphatic carbocycles. The van der Waals surface area contributed by atoms with E-state index in [1.165, 1.54) is 6.07 Å². The maximum Gasteiger partial charge on any atom is 0.252 e. The minimum atomic E-state index is -0.396. The molecule has 1 amide bonds. The lowest BCUT2D eigenvalue weighted by Gasteiger charge is -2.16. The van der Waals surface area contributed by atoms with Gasteiger partial charge in [0, 0.05) is 11.1 Å². The van der Waals surface area contributed by atoms with E-state index >= 15 is 0 Å². The van der Waals surface area contributed by atoms with Crippen LogP contribution in [-0.2, 0) is 0 Å². The SMILES string of the molecule is C[C@H](NC(=O)c1cccc2ccccc12)c1ccccc1F. The lowest BCUT2D eigenvalue weighted by atomic mass is 10.0. The van der Waals surface area contributed by atoms with E-state index in [2.05, 4.69) is 5.32 Å². The summed E-state index contributed by atoms with van der Waals surface area (Å²) in [6.07, 6.45) is 0. The predicted molar refractivity (Wildman–Crippen MR) is 86.2 cm³/mol. The molecule has 0 heterocycles. The van der Waals surface area contributed by atoms with Crippen LogP contribution in [0.5, 0.6) is 0 Å². The zero-order valence-electron chi connectivity index (χ0n) is 12.2. The van der Waals surface area contributed by atoms with Crippen LogP contribution in [-0.4, -0.2) is 5.91 Å². The predicted octanol–water partition coefficient (Wildman–Crippen LogP) is 4.47. The first kappa shape index (κ1) is 14.3. The molecule has 0 aliphatic heterocycles. The molecule has 0 bridgehead atoms. The first-order valence-corrected chi connectivity index (χ1v) is 7.20. The second-order valence-corrected chi connectivity index (χ2v) is 5.24. The van der Waals surface area contributed by atoms with E-state index in [1.807, 2.05) is 36.4 Å². The van der Waals surface area contributed by atoms with Gasteiger partial charge in [-0.05, 0) is 29.8 Å². The van der Waals surface area contributed by atoms with Crippen molar-refractivity contribution in [2.24, 2.45) is 0 Å². The van der Waals surface area contributed by atoms with Gasteiger partial charge in [-0.25, -0.2) is 4.39 Å². The van der Waals surface area contributed by atoms with E-state index in [-0.39, 0.29) is 11.7 Å². The van der Waals surface area contributed by atoms with Crippen LogP contribution in [0.2, 0.25) is 0 Å². The molecular formula is C19H16FNO. The Kier molecular flexibility index (Phi) is 3.88. The van der Waals surface area contributed by atoms with Crippen LogP contribution < -0.4 is 5.32 Å². The molecule has 0 spiro atoms. The molecule has 0 radical (unpaired) electrons. The molecule has 3 aromatic carbocycles. The molecule has 1 N–H and O–H groups in total. The number of fused-ring (bicyclic) bond motifs is 1. The van der Waals surface area contributed by atoms with Crippen molar-refractivity contribution in [2.45, 2.75) is 13.0 Å². The van der Waals surface area contributed by atoms with Crippen LogP contribution in [0.3, 0.4) is 0 Å². The zero-order valence-corrected chi connectivity index (χ0v) is 12.2. The van der Waals surface area contributed by atoms with Gasteiger partial charge in [-0.15, -0.1) is 0 Å². The van der Waals surface area contributed by atoms with Crippen molar-refractivity contribution in [3.05, 3.63) is 83.7 Å². The number of nitrogens with one attached hydrogen (secondary N) is 1. The molecule has 22 heavy (non-hydrogen) atoms. The van der Waals surface area contributed by atoms with Gasteiger partial charge in [-0.3, -0.25) is 4.79 Å². The molecule has 0 saturated carbocycles. The summed E-state index contributed by atoms with van der Waals surface area (Å²) in [6, 6.07) is 19.4. The number of hydrogen-bond donors (Lipinski definition) is 1. The number of halogens is 1. The Labute approximate surface area is 128 Å². The van der Waals surface area contributed by atoms with Gasteiger partial charge in [0.1, 0.15) is 5.82 Å². The average Bonchev–Trinajstić information content (AvgIpc) is 2.54. The van der Waals surface area contributed by atoms with E-state index in [9.17, 15) is 9.18 Å². The topological polar surface area (TPSA) is 29.1 Å². The van der Waals surface area contributed by atoms with Gasteiger partial charge >= 0.3 is 0 Å². The number of hydrogen-bond acceptors (Lipinski definition) is 1. The minimum absolute atomic E-state index is 0.201. The van der Waals surface area contributed by atoms with Gasteiger partial charge < -0.3 is 5.32 Å². The molecule has 110 valence electrons. The summed E-state index contributed by atoms with van der Waals surface area (Å²) in [5, 5.41) is 4.77. The summed E-state index contributed by atoms with van der Waals surface area (Å²) in [5.74, 6) is -0.513. The Morgan fingerprint density at radius 2 is 1.64 bits per heavy atom. The van der Waals surface area contributed by atoms with Gasteiger partial charge in [-0.2, -0.15) is 0 Å².